The molecule has 6 rings (SSSR count). The number of aromatic amines is 1. The van der Waals surface area contributed by atoms with Crippen LogP contribution in [0.2, 0.25) is 10.0 Å². The monoisotopic (exact) mass is 756 g/mol. The summed E-state index contributed by atoms with van der Waals surface area (Å²) in [7, 11) is -4.16. The van der Waals surface area contributed by atoms with E-state index in [2.05, 4.69) is 9.72 Å². The van der Waals surface area contributed by atoms with Gasteiger partial charge in [-0.05, 0) is 73.1 Å². The summed E-state index contributed by atoms with van der Waals surface area (Å²) in [6.45, 7) is -0.688. The fraction of sp³-hybridized carbons (Fsp3) is 0.424. The maximum Gasteiger partial charge on any atom is 0.387 e. The zero-order valence-corrected chi connectivity index (χ0v) is 29.5. The number of halogens is 4. The molecule has 2 aromatic carbocycles. The maximum absolute atomic E-state index is 14.0. The molecule has 1 saturated carbocycles. The molecule has 262 valence electrons. The first-order valence-electron chi connectivity index (χ1n) is 15.7. The molecule has 10 nitrogen and oxygen atoms in total. The Bertz CT molecular complexity index is 1830. The molecule has 2 fully saturated rings. The molecule has 3 aromatic rings. The van der Waals surface area contributed by atoms with E-state index in [0.29, 0.717) is 54.5 Å². The summed E-state index contributed by atoms with van der Waals surface area (Å²) in [5, 5.41) is -0.669. The molecule has 0 unspecified atom stereocenters. The standard InChI is InChI=1S/C33H33Cl2F2N3O7S2/c1-19(41)39-10-2-3-21-13-23(7-8-27(21)39)49(43,44)40-11-12-48-31(40)32(42)46-29(15-24-25(34)16-38-17-26(24)35)22-6-9-28(47-33(36)37)30(14-22)45-18-20-4-5-20/h6-9,13-14,16-17,20,29,31,33H,2-5,10-12,15,18H2,1H3/p+1/t29-,31-/m0/s1. The highest BCUT2D eigenvalue weighted by Gasteiger charge is 2.42. The van der Waals surface area contributed by atoms with Crippen LogP contribution in [0.15, 0.2) is 53.7 Å². The number of carbonyl (C=O) groups is 2. The van der Waals surface area contributed by atoms with Gasteiger partial charge in [-0.25, -0.2) is 18.2 Å². The molecule has 1 N–H and O–H groups in total. The van der Waals surface area contributed by atoms with Gasteiger partial charge < -0.3 is 19.1 Å². The maximum atomic E-state index is 14.0. The van der Waals surface area contributed by atoms with E-state index in [1.165, 1.54) is 43.6 Å². The number of anilines is 1. The second-order valence-electron chi connectivity index (χ2n) is 12.0. The fourth-order valence-corrected chi connectivity index (χ4v) is 9.52. The topological polar surface area (TPSA) is 117 Å². The summed E-state index contributed by atoms with van der Waals surface area (Å²) in [5.74, 6) is -0.406. The molecule has 49 heavy (non-hydrogen) atoms. The minimum atomic E-state index is -4.16. The number of rotatable bonds is 12. The van der Waals surface area contributed by atoms with Crippen LogP contribution in [0, 0.1) is 5.92 Å². The van der Waals surface area contributed by atoms with Crippen molar-refractivity contribution in [3.63, 3.8) is 0 Å². The molecule has 1 aromatic heterocycles. The lowest BCUT2D eigenvalue weighted by molar-refractivity contribution is -0.377. The first-order chi connectivity index (χ1) is 23.4. The molecule has 2 atom stereocenters. The molecule has 1 amide bonds. The second kappa shape index (κ2) is 15.0. The Hall–Kier alpha value is -3.17. The van der Waals surface area contributed by atoms with Gasteiger partial charge in [0, 0.05) is 43.4 Å². The molecule has 0 radical (unpaired) electrons. The molecule has 1 saturated heterocycles. The molecule has 3 heterocycles. The molecule has 0 bridgehead atoms. The SMILES string of the molecule is CC(=O)N1CCCc2cc(S(=O)(=O)N3CCS[C@H]3C(=O)O[C@@H](Cc3c(Cl)c[nH+]cc3Cl)c3ccc(OC(F)F)c(OCC4CC4)c3)ccc21. The molecule has 16 heteroatoms. The predicted molar refractivity (Wildman–Crippen MR) is 180 cm³/mol. The highest BCUT2D eigenvalue weighted by Crippen LogP contribution is 2.40. The Balaban J connectivity index is 1.29. The Morgan fingerprint density at radius 3 is 2.51 bits per heavy atom. The van der Waals surface area contributed by atoms with E-state index in [1.807, 2.05) is 0 Å². The molecular formula is C33H34Cl2F2N3O7S2+. The highest BCUT2D eigenvalue weighted by molar-refractivity contribution is 8.02. The van der Waals surface area contributed by atoms with Crippen molar-refractivity contribution in [3.05, 3.63) is 75.5 Å². The number of pyridine rings is 1. The Kier molecular flexibility index (Phi) is 10.9. The number of hydrogen-bond donors (Lipinski definition) is 0. The number of alkyl halides is 2. The third-order valence-corrected chi connectivity index (χ3v) is 12.4. The van der Waals surface area contributed by atoms with Crippen molar-refractivity contribution in [2.75, 3.05) is 30.3 Å². The average Bonchev–Trinajstić information content (AvgIpc) is 3.76. The number of H-pyrrole nitrogens is 1. The summed E-state index contributed by atoms with van der Waals surface area (Å²) in [6.07, 6.45) is 5.18. The van der Waals surface area contributed by atoms with Crippen LogP contribution in [0.3, 0.4) is 0 Å². The van der Waals surface area contributed by atoms with Crippen molar-refractivity contribution in [2.45, 2.75) is 62.0 Å². The first-order valence-corrected chi connectivity index (χ1v) is 19.0. The van der Waals surface area contributed by atoms with Crippen LogP contribution in [0.1, 0.15) is 49.0 Å². The van der Waals surface area contributed by atoms with E-state index in [9.17, 15) is 26.8 Å². The lowest BCUT2D eigenvalue weighted by Gasteiger charge is -2.29. The molecule has 1 aliphatic carbocycles. The van der Waals surface area contributed by atoms with Crippen LogP contribution in [0.4, 0.5) is 14.5 Å². The zero-order chi connectivity index (χ0) is 34.9. The number of ether oxygens (including phenoxy) is 3. The van der Waals surface area contributed by atoms with E-state index in [-0.39, 0.29) is 45.3 Å². The van der Waals surface area contributed by atoms with E-state index < -0.39 is 34.1 Å². The van der Waals surface area contributed by atoms with Crippen LogP contribution in [-0.2, 0) is 37.2 Å². The number of fused-ring (bicyclic) bond motifs is 1. The zero-order valence-electron chi connectivity index (χ0n) is 26.4. The van der Waals surface area contributed by atoms with Gasteiger partial charge in [0.15, 0.2) is 29.3 Å². The third-order valence-electron chi connectivity index (χ3n) is 8.58. The summed E-state index contributed by atoms with van der Waals surface area (Å²) in [4.78, 5) is 30.5. The van der Waals surface area contributed by atoms with Crippen molar-refractivity contribution in [1.29, 1.82) is 0 Å². The summed E-state index contributed by atoms with van der Waals surface area (Å²) < 4.78 is 72.1. The van der Waals surface area contributed by atoms with Crippen LogP contribution >= 0.6 is 35.0 Å². The summed E-state index contributed by atoms with van der Waals surface area (Å²) in [6, 6.07) is 8.91. The number of sulfonamides is 1. The summed E-state index contributed by atoms with van der Waals surface area (Å²) >= 11 is 14.0. The molecular weight excluding hydrogens is 723 g/mol. The lowest BCUT2D eigenvalue weighted by atomic mass is 10.0. The largest absolute Gasteiger partial charge is 0.489 e. The van der Waals surface area contributed by atoms with Gasteiger partial charge in [0.05, 0.1) is 11.5 Å². The van der Waals surface area contributed by atoms with Crippen molar-refractivity contribution in [2.24, 2.45) is 5.92 Å². The van der Waals surface area contributed by atoms with Gasteiger partial charge in [0.1, 0.15) is 16.1 Å². The van der Waals surface area contributed by atoms with E-state index in [0.717, 1.165) is 34.5 Å². The number of esters is 1. The number of amides is 1. The van der Waals surface area contributed by atoms with Crippen molar-refractivity contribution >= 4 is 62.6 Å². The number of benzene rings is 2. The van der Waals surface area contributed by atoms with E-state index in [1.54, 1.807) is 17.0 Å². The highest BCUT2D eigenvalue weighted by atomic mass is 35.5. The van der Waals surface area contributed by atoms with Crippen molar-refractivity contribution in [3.8, 4) is 11.5 Å². The van der Waals surface area contributed by atoms with Crippen LogP contribution < -0.4 is 19.4 Å². The minimum absolute atomic E-state index is 0.0136. The van der Waals surface area contributed by atoms with Gasteiger partial charge in [-0.3, -0.25) is 4.79 Å². The number of carbonyl (C=O) groups excluding carboxylic acids is 2. The smallest absolute Gasteiger partial charge is 0.387 e. The van der Waals surface area contributed by atoms with Gasteiger partial charge in [-0.15, -0.1) is 11.8 Å². The number of hydrogen-bond acceptors (Lipinski definition) is 8. The third kappa shape index (κ3) is 8.09. The normalized spacial score (nSPS) is 18.7. The fourth-order valence-electron chi connectivity index (χ4n) is 5.89. The van der Waals surface area contributed by atoms with Gasteiger partial charge in [0.25, 0.3) is 0 Å². The number of aryl methyl sites for hydroxylation is 1. The first kappa shape index (κ1) is 35.6. The molecule has 3 aliphatic rings. The number of nitrogens with zero attached hydrogens (tertiary/aromatic N) is 2. The van der Waals surface area contributed by atoms with E-state index >= 15 is 0 Å². The average molecular weight is 758 g/mol. The van der Waals surface area contributed by atoms with Gasteiger partial charge in [-0.2, -0.15) is 13.1 Å². The van der Waals surface area contributed by atoms with Crippen molar-refractivity contribution in [1.82, 2.24) is 4.31 Å². The molecule has 2 aliphatic heterocycles. The van der Waals surface area contributed by atoms with Crippen LogP contribution in [-0.4, -0.2) is 62.0 Å². The Labute approximate surface area is 297 Å². The lowest BCUT2D eigenvalue weighted by Crippen LogP contribution is -2.41. The number of nitrogens with one attached hydrogen (secondary N) is 1. The molecule has 0 spiro atoms. The Morgan fingerprint density at radius 1 is 1.06 bits per heavy atom. The van der Waals surface area contributed by atoms with Crippen molar-refractivity contribution < 1.29 is 46.0 Å². The van der Waals surface area contributed by atoms with Gasteiger partial charge >= 0.3 is 12.6 Å². The minimum Gasteiger partial charge on any atom is -0.489 e. The quantitative estimate of drug-likeness (QED) is 0.204. The number of aromatic nitrogens is 1. The van der Waals surface area contributed by atoms with Gasteiger partial charge in [0.2, 0.25) is 15.9 Å². The summed E-state index contributed by atoms with van der Waals surface area (Å²) in [5.41, 5.74) is 2.24. The second-order valence-corrected chi connectivity index (χ2v) is 15.9. The number of thioether (sulfide) groups is 1. The predicted octanol–water partition coefficient (Wildman–Crippen LogP) is 6.09. The van der Waals surface area contributed by atoms with Crippen LogP contribution in [0.25, 0.3) is 0 Å². The van der Waals surface area contributed by atoms with Gasteiger partial charge in [-0.1, -0.05) is 29.3 Å². The van der Waals surface area contributed by atoms with E-state index in [4.69, 9.17) is 32.7 Å². The Morgan fingerprint density at radius 2 is 1.82 bits per heavy atom. The van der Waals surface area contributed by atoms with Crippen LogP contribution in [0.5, 0.6) is 11.5 Å².